The van der Waals surface area contributed by atoms with Crippen LogP contribution in [0.3, 0.4) is 0 Å². The maximum absolute atomic E-state index is 12.6. The lowest BCUT2D eigenvalue weighted by atomic mass is 10.2. The van der Waals surface area contributed by atoms with Crippen molar-refractivity contribution in [2.75, 3.05) is 7.05 Å². The second kappa shape index (κ2) is 7.20. The van der Waals surface area contributed by atoms with Crippen molar-refractivity contribution in [3.05, 3.63) is 81.5 Å². The fourth-order valence-electron chi connectivity index (χ4n) is 2.38. The van der Waals surface area contributed by atoms with Crippen molar-refractivity contribution in [1.82, 2.24) is 14.7 Å². The van der Waals surface area contributed by atoms with Gasteiger partial charge in [0.05, 0.1) is 22.5 Å². The minimum Gasteiger partial charge on any atom is -0.337 e. The Bertz CT molecular complexity index is 878. The van der Waals surface area contributed by atoms with Gasteiger partial charge >= 0.3 is 0 Å². The Morgan fingerprint density at radius 3 is 2.67 bits per heavy atom. The lowest BCUT2D eigenvalue weighted by molar-refractivity contribution is 0.0785. The minimum atomic E-state index is -0.0935. The molecule has 6 heteroatoms. The van der Waals surface area contributed by atoms with Gasteiger partial charge in [-0.3, -0.25) is 4.79 Å². The molecule has 3 aromatic rings. The molecule has 1 heterocycles. The van der Waals surface area contributed by atoms with Gasteiger partial charge in [0.1, 0.15) is 0 Å². The molecule has 0 fully saturated rings. The molecule has 122 valence electrons. The van der Waals surface area contributed by atoms with E-state index in [0.717, 1.165) is 15.7 Å². The summed E-state index contributed by atoms with van der Waals surface area (Å²) in [6.07, 6.45) is 3.25. The van der Waals surface area contributed by atoms with Crippen LogP contribution < -0.4 is 0 Å². The van der Waals surface area contributed by atoms with Crippen molar-refractivity contribution in [2.45, 2.75) is 6.54 Å². The fourth-order valence-corrected chi connectivity index (χ4v) is 3.01. The van der Waals surface area contributed by atoms with Gasteiger partial charge in [0.25, 0.3) is 5.91 Å². The van der Waals surface area contributed by atoms with Gasteiger partial charge in [-0.1, -0.05) is 57.9 Å². The molecule has 2 aromatic carbocycles. The summed E-state index contributed by atoms with van der Waals surface area (Å²) in [5.74, 6) is -0.0935. The SMILES string of the molecule is CN(Cc1ccccc1Br)C(=O)c1cnn(-c2ccccc2Cl)c1. The first-order chi connectivity index (χ1) is 11.6. The molecule has 0 saturated carbocycles. The van der Waals surface area contributed by atoms with Gasteiger partial charge in [-0.25, -0.2) is 4.68 Å². The van der Waals surface area contributed by atoms with Crippen molar-refractivity contribution >= 4 is 33.4 Å². The van der Waals surface area contributed by atoms with Crippen molar-refractivity contribution in [3.63, 3.8) is 0 Å². The van der Waals surface area contributed by atoms with E-state index in [2.05, 4.69) is 21.0 Å². The highest BCUT2D eigenvalue weighted by molar-refractivity contribution is 9.10. The number of rotatable bonds is 4. The Kier molecular flexibility index (Phi) is 5.02. The lowest BCUT2D eigenvalue weighted by Gasteiger charge is -2.17. The van der Waals surface area contributed by atoms with Crippen LogP contribution in [-0.2, 0) is 6.54 Å². The van der Waals surface area contributed by atoms with Gasteiger partial charge in [-0.05, 0) is 23.8 Å². The molecular formula is C18H15BrClN3O. The Balaban J connectivity index is 1.79. The van der Waals surface area contributed by atoms with Gasteiger partial charge in [0, 0.05) is 24.3 Å². The zero-order valence-electron chi connectivity index (χ0n) is 13.0. The van der Waals surface area contributed by atoms with Crippen LogP contribution in [0.15, 0.2) is 65.4 Å². The van der Waals surface area contributed by atoms with Gasteiger partial charge in [-0.15, -0.1) is 0 Å². The van der Waals surface area contributed by atoms with E-state index < -0.39 is 0 Å². The summed E-state index contributed by atoms with van der Waals surface area (Å²) < 4.78 is 2.60. The number of aromatic nitrogens is 2. The van der Waals surface area contributed by atoms with Crippen LogP contribution >= 0.6 is 27.5 Å². The molecular weight excluding hydrogens is 390 g/mol. The van der Waals surface area contributed by atoms with Gasteiger partial charge in [0.15, 0.2) is 0 Å². The van der Waals surface area contributed by atoms with Crippen LogP contribution in [0.4, 0.5) is 0 Å². The maximum atomic E-state index is 12.6. The molecule has 0 saturated heterocycles. The highest BCUT2D eigenvalue weighted by atomic mass is 79.9. The number of benzene rings is 2. The maximum Gasteiger partial charge on any atom is 0.257 e. The smallest absolute Gasteiger partial charge is 0.257 e. The lowest BCUT2D eigenvalue weighted by Crippen LogP contribution is -2.26. The zero-order valence-corrected chi connectivity index (χ0v) is 15.3. The van der Waals surface area contributed by atoms with Gasteiger partial charge in [-0.2, -0.15) is 5.10 Å². The number of para-hydroxylation sites is 1. The molecule has 0 aliphatic carbocycles. The van der Waals surface area contributed by atoms with E-state index in [1.807, 2.05) is 42.5 Å². The summed E-state index contributed by atoms with van der Waals surface area (Å²) in [5, 5.41) is 4.84. The topological polar surface area (TPSA) is 38.1 Å². The second-order valence-electron chi connectivity index (χ2n) is 5.38. The minimum absolute atomic E-state index is 0.0935. The van der Waals surface area contributed by atoms with Crippen LogP contribution in [0.2, 0.25) is 5.02 Å². The number of carbonyl (C=O) groups excluding carboxylic acids is 1. The van der Waals surface area contributed by atoms with Crippen molar-refractivity contribution < 1.29 is 4.79 Å². The van der Waals surface area contributed by atoms with Gasteiger partial charge in [0.2, 0.25) is 0 Å². The van der Waals surface area contributed by atoms with Crippen LogP contribution in [0.25, 0.3) is 5.69 Å². The van der Waals surface area contributed by atoms with Gasteiger partial charge < -0.3 is 4.90 Å². The molecule has 0 aliphatic rings. The van der Waals surface area contributed by atoms with Crippen LogP contribution in [0, 0.1) is 0 Å². The van der Waals surface area contributed by atoms with E-state index in [-0.39, 0.29) is 5.91 Å². The summed E-state index contributed by atoms with van der Waals surface area (Å²) in [5.41, 5.74) is 2.31. The van der Waals surface area contributed by atoms with Crippen LogP contribution in [0.1, 0.15) is 15.9 Å². The largest absolute Gasteiger partial charge is 0.337 e. The van der Waals surface area contributed by atoms with Crippen molar-refractivity contribution in [2.24, 2.45) is 0 Å². The van der Waals surface area contributed by atoms with Crippen molar-refractivity contribution in [3.8, 4) is 5.69 Å². The van der Waals surface area contributed by atoms with Crippen LogP contribution in [-0.4, -0.2) is 27.6 Å². The molecule has 0 radical (unpaired) electrons. The molecule has 1 amide bonds. The summed E-state index contributed by atoms with van der Waals surface area (Å²) in [7, 11) is 1.77. The monoisotopic (exact) mass is 403 g/mol. The van der Waals surface area contributed by atoms with Crippen LogP contribution in [0.5, 0.6) is 0 Å². The fraction of sp³-hybridized carbons (Fsp3) is 0.111. The molecule has 0 atom stereocenters. The van der Waals surface area contributed by atoms with E-state index in [1.54, 1.807) is 35.1 Å². The van der Waals surface area contributed by atoms with E-state index in [4.69, 9.17) is 11.6 Å². The molecule has 1 aromatic heterocycles. The molecule has 0 bridgehead atoms. The predicted octanol–water partition coefficient (Wildman–Crippen LogP) is 4.56. The Morgan fingerprint density at radius 1 is 1.21 bits per heavy atom. The molecule has 0 unspecified atom stereocenters. The van der Waals surface area contributed by atoms with E-state index in [0.29, 0.717) is 17.1 Å². The number of halogens is 2. The average Bonchev–Trinajstić information content (AvgIpc) is 3.06. The third-order valence-electron chi connectivity index (χ3n) is 3.64. The van der Waals surface area contributed by atoms with E-state index in [1.165, 1.54) is 0 Å². The predicted molar refractivity (Wildman–Crippen MR) is 98.5 cm³/mol. The molecule has 0 aliphatic heterocycles. The highest BCUT2D eigenvalue weighted by Gasteiger charge is 2.16. The Labute approximate surface area is 153 Å². The first-order valence-electron chi connectivity index (χ1n) is 7.34. The molecule has 4 nitrogen and oxygen atoms in total. The van der Waals surface area contributed by atoms with E-state index in [9.17, 15) is 4.79 Å². The average molecular weight is 405 g/mol. The third kappa shape index (κ3) is 3.52. The first kappa shape index (κ1) is 16.7. The number of nitrogens with zero attached hydrogens (tertiary/aromatic N) is 3. The summed E-state index contributed by atoms with van der Waals surface area (Å²) in [4.78, 5) is 14.3. The summed E-state index contributed by atoms with van der Waals surface area (Å²) in [6, 6.07) is 15.2. The highest BCUT2D eigenvalue weighted by Crippen LogP contribution is 2.21. The molecule has 0 N–H and O–H groups in total. The van der Waals surface area contributed by atoms with Crippen molar-refractivity contribution in [1.29, 1.82) is 0 Å². The second-order valence-corrected chi connectivity index (χ2v) is 6.64. The standard InChI is InChI=1S/C18H15BrClN3O/c1-22(11-13-6-2-3-7-15(13)19)18(24)14-10-21-23(12-14)17-9-5-4-8-16(17)20/h2-10,12H,11H2,1H3. The van der Waals surface area contributed by atoms with E-state index >= 15 is 0 Å². The molecule has 3 rings (SSSR count). The zero-order chi connectivity index (χ0) is 17.1. The number of hydrogen-bond acceptors (Lipinski definition) is 2. The third-order valence-corrected chi connectivity index (χ3v) is 4.73. The molecule has 0 spiro atoms. The Hall–Kier alpha value is -2.11. The number of amides is 1. The number of carbonyl (C=O) groups is 1. The summed E-state index contributed by atoms with van der Waals surface area (Å²) >= 11 is 9.68. The first-order valence-corrected chi connectivity index (χ1v) is 8.52. The molecule has 24 heavy (non-hydrogen) atoms. The Morgan fingerprint density at radius 2 is 1.92 bits per heavy atom. The normalized spacial score (nSPS) is 10.6. The summed E-state index contributed by atoms with van der Waals surface area (Å²) in [6.45, 7) is 0.511. The number of hydrogen-bond donors (Lipinski definition) is 0. The quantitative estimate of drug-likeness (QED) is 0.639.